The highest BCUT2D eigenvalue weighted by molar-refractivity contribution is 5.99. The van der Waals surface area contributed by atoms with E-state index in [-0.39, 0.29) is 24.3 Å². The quantitative estimate of drug-likeness (QED) is 0.617. The second-order valence-corrected chi connectivity index (χ2v) is 9.93. The molecule has 0 aromatic heterocycles. The third-order valence-electron chi connectivity index (χ3n) is 7.07. The predicted octanol–water partition coefficient (Wildman–Crippen LogP) is 2.15. The number of likely N-dealkylation sites (tertiary alicyclic amines) is 1. The summed E-state index contributed by atoms with van der Waals surface area (Å²) in [4.78, 5) is 45.5. The first-order valence-corrected chi connectivity index (χ1v) is 12.6. The molecule has 2 aliphatic heterocycles. The summed E-state index contributed by atoms with van der Waals surface area (Å²) in [6.45, 7) is 4.08. The van der Waals surface area contributed by atoms with Gasteiger partial charge in [-0.25, -0.2) is 0 Å². The van der Waals surface area contributed by atoms with Gasteiger partial charge in [-0.05, 0) is 57.4 Å². The van der Waals surface area contributed by atoms with Gasteiger partial charge >= 0.3 is 0 Å². The average molecular weight is 509 g/mol. The van der Waals surface area contributed by atoms with Gasteiger partial charge in [0.2, 0.25) is 5.91 Å². The van der Waals surface area contributed by atoms with Crippen molar-refractivity contribution in [3.05, 3.63) is 65.2 Å². The smallest absolute Gasteiger partial charge is 0.256 e. The van der Waals surface area contributed by atoms with E-state index < -0.39 is 11.8 Å². The van der Waals surface area contributed by atoms with Gasteiger partial charge < -0.3 is 24.6 Å². The SMILES string of the molecule is COc1ccc(C(=O)N2[C@H](C(=O)NCCN(C)C)COC23CCN(C(=O)c2cccc(C)c2)CC3)cc1. The van der Waals surface area contributed by atoms with Crippen LogP contribution in [0, 0.1) is 6.92 Å². The maximum absolute atomic E-state index is 13.8. The van der Waals surface area contributed by atoms with Crippen LogP contribution in [0.25, 0.3) is 0 Å². The second kappa shape index (κ2) is 11.3. The van der Waals surface area contributed by atoms with Crippen molar-refractivity contribution in [2.75, 3.05) is 54.0 Å². The molecule has 2 saturated heterocycles. The van der Waals surface area contributed by atoms with E-state index in [0.29, 0.717) is 55.9 Å². The first-order chi connectivity index (χ1) is 17.7. The minimum absolute atomic E-state index is 0.0393. The number of rotatable bonds is 7. The fraction of sp³-hybridized carbons (Fsp3) is 0.464. The van der Waals surface area contributed by atoms with Crippen LogP contribution in [-0.4, -0.2) is 98.2 Å². The van der Waals surface area contributed by atoms with Crippen molar-refractivity contribution in [3.8, 4) is 5.75 Å². The normalized spacial score (nSPS) is 18.8. The zero-order chi connectivity index (χ0) is 26.6. The Hall–Kier alpha value is -3.43. The van der Waals surface area contributed by atoms with Gasteiger partial charge in [-0.2, -0.15) is 0 Å². The number of hydrogen-bond donors (Lipinski definition) is 1. The van der Waals surface area contributed by atoms with Crippen molar-refractivity contribution in [2.45, 2.75) is 31.5 Å². The molecule has 4 rings (SSSR count). The van der Waals surface area contributed by atoms with Crippen LogP contribution in [0.3, 0.4) is 0 Å². The molecule has 0 radical (unpaired) electrons. The highest BCUT2D eigenvalue weighted by atomic mass is 16.5. The van der Waals surface area contributed by atoms with E-state index in [4.69, 9.17) is 9.47 Å². The van der Waals surface area contributed by atoms with Crippen LogP contribution in [0.15, 0.2) is 48.5 Å². The molecule has 0 aliphatic carbocycles. The fourth-order valence-corrected chi connectivity index (χ4v) is 4.98. The molecule has 37 heavy (non-hydrogen) atoms. The molecule has 9 nitrogen and oxygen atoms in total. The molecule has 2 fully saturated rings. The van der Waals surface area contributed by atoms with Gasteiger partial charge in [0.1, 0.15) is 17.5 Å². The van der Waals surface area contributed by atoms with Crippen molar-refractivity contribution in [3.63, 3.8) is 0 Å². The molecule has 9 heteroatoms. The van der Waals surface area contributed by atoms with Crippen LogP contribution >= 0.6 is 0 Å². The number of ether oxygens (including phenoxy) is 2. The summed E-state index contributed by atoms with van der Waals surface area (Å²) in [6, 6.07) is 13.6. The number of nitrogens with zero attached hydrogens (tertiary/aromatic N) is 3. The van der Waals surface area contributed by atoms with E-state index in [0.717, 1.165) is 5.56 Å². The standard InChI is InChI=1S/C28H36N4O5/c1-20-6-5-7-22(18-20)26(34)31-15-12-28(13-16-31)32(27(35)21-8-10-23(36-4)11-9-21)24(19-37-28)25(33)29-14-17-30(2)3/h5-11,18,24H,12-17,19H2,1-4H3,(H,29,33)/t24-/m0/s1. The lowest BCUT2D eigenvalue weighted by Crippen LogP contribution is -2.60. The first kappa shape index (κ1) is 26.6. The van der Waals surface area contributed by atoms with Gasteiger partial charge in [0.25, 0.3) is 11.8 Å². The monoisotopic (exact) mass is 508 g/mol. The molecular formula is C28H36N4O5. The van der Waals surface area contributed by atoms with Crippen molar-refractivity contribution < 1.29 is 23.9 Å². The van der Waals surface area contributed by atoms with Gasteiger partial charge in [-0.3, -0.25) is 19.3 Å². The third-order valence-corrected chi connectivity index (χ3v) is 7.07. The average Bonchev–Trinajstić information content (AvgIpc) is 3.26. The molecule has 0 bridgehead atoms. The van der Waals surface area contributed by atoms with Crippen LogP contribution in [-0.2, 0) is 9.53 Å². The van der Waals surface area contributed by atoms with Gasteiger partial charge in [0.15, 0.2) is 0 Å². The molecule has 1 atom stereocenters. The molecule has 2 aromatic rings. The van der Waals surface area contributed by atoms with Gasteiger partial charge in [-0.1, -0.05) is 17.7 Å². The maximum atomic E-state index is 13.8. The van der Waals surface area contributed by atoms with E-state index >= 15 is 0 Å². The summed E-state index contributed by atoms with van der Waals surface area (Å²) in [7, 11) is 5.44. The van der Waals surface area contributed by atoms with Gasteiger partial charge in [0, 0.05) is 50.1 Å². The molecule has 1 spiro atoms. The highest BCUT2D eigenvalue weighted by Crippen LogP contribution is 2.39. The zero-order valence-corrected chi connectivity index (χ0v) is 22.0. The molecule has 2 heterocycles. The lowest BCUT2D eigenvalue weighted by Gasteiger charge is -2.44. The van der Waals surface area contributed by atoms with Gasteiger partial charge in [-0.15, -0.1) is 0 Å². The molecule has 0 saturated carbocycles. The number of methoxy groups -OCH3 is 1. The summed E-state index contributed by atoms with van der Waals surface area (Å²) >= 11 is 0. The van der Waals surface area contributed by atoms with E-state index in [1.54, 1.807) is 41.2 Å². The molecule has 3 amide bonds. The topological polar surface area (TPSA) is 91.4 Å². The molecular weight excluding hydrogens is 472 g/mol. The van der Waals surface area contributed by atoms with Crippen LogP contribution in [0.2, 0.25) is 0 Å². The third kappa shape index (κ3) is 5.78. The van der Waals surface area contributed by atoms with Crippen LogP contribution in [0.5, 0.6) is 5.75 Å². The lowest BCUT2D eigenvalue weighted by molar-refractivity contribution is -0.128. The van der Waals surface area contributed by atoms with Crippen LogP contribution in [0.1, 0.15) is 39.1 Å². The van der Waals surface area contributed by atoms with Gasteiger partial charge in [0.05, 0.1) is 13.7 Å². The fourth-order valence-electron chi connectivity index (χ4n) is 4.98. The highest BCUT2D eigenvalue weighted by Gasteiger charge is 2.54. The Kier molecular flexibility index (Phi) is 8.14. The van der Waals surface area contributed by atoms with E-state index in [1.165, 1.54) is 0 Å². The number of carbonyl (C=O) groups is 3. The largest absolute Gasteiger partial charge is 0.497 e. The summed E-state index contributed by atoms with van der Waals surface area (Å²) < 4.78 is 11.5. The summed E-state index contributed by atoms with van der Waals surface area (Å²) in [5.74, 6) is 0.0951. The Bertz CT molecular complexity index is 1130. The molecule has 2 aliphatic rings. The Morgan fingerprint density at radius 1 is 1.05 bits per heavy atom. The van der Waals surface area contributed by atoms with Crippen molar-refractivity contribution in [1.82, 2.24) is 20.0 Å². The summed E-state index contributed by atoms with van der Waals surface area (Å²) in [5, 5.41) is 2.95. The van der Waals surface area contributed by atoms with Crippen LogP contribution < -0.4 is 10.1 Å². The molecule has 1 N–H and O–H groups in total. The number of nitrogens with one attached hydrogen (secondary N) is 1. The van der Waals surface area contributed by atoms with Crippen LogP contribution in [0.4, 0.5) is 0 Å². The minimum atomic E-state index is -0.954. The van der Waals surface area contributed by atoms with Crippen molar-refractivity contribution >= 4 is 17.7 Å². The number of likely N-dealkylation sites (N-methyl/N-ethyl adjacent to an activating group) is 1. The van der Waals surface area contributed by atoms with E-state index in [9.17, 15) is 14.4 Å². The number of benzene rings is 2. The number of piperidine rings is 1. The molecule has 0 unspecified atom stereocenters. The minimum Gasteiger partial charge on any atom is -0.497 e. The Morgan fingerprint density at radius 2 is 1.76 bits per heavy atom. The summed E-state index contributed by atoms with van der Waals surface area (Å²) in [5.41, 5.74) is 1.17. The lowest BCUT2D eigenvalue weighted by atomic mass is 9.96. The predicted molar refractivity (Wildman–Crippen MR) is 140 cm³/mol. The number of amides is 3. The molecule has 2 aromatic carbocycles. The molecule has 198 valence electrons. The maximum Gasteiger partial charge on any atom is 0.256 e. The van der Waals surface area contributed by atoms with E-state index in [2.05, 4.69) is 5.32 Å². The Balaban J connectivity index is 1.55. The first-order valence-electron chi connectivity index (χ1n) is 12.6. The van der Waals surface area contributed by atoms with Crippen molar-refractivity contribution in [1.29, 1.82) is 0 Å². The van der Waals surface area contributed by atoms with E-state index in [1.807, 2.05) is 50.2 Å². The second-order valence-electron chi connectivity index (χ2n) is 9.93. The summed E-state index contributed by atoms with van der Waals surface area (Å²) in [6.07, 6.45) is 0.849. The number of aryl methyl sites for hydroxylation is 1. The number of carbonyl (C=O) groups excluding carboxylic acids is 3. The Morgan fingerprint density at radius 3 is 2.38 bits per heavy atom. The zero-order valence-electron chi connectivity index (χ0n) is 22.0. The number of hydrogen-bond acceptors (Lipinski definition) is 6. The Labute approximate surface area is 218 Å². The van der Waals surface area contributed by atoms with Crippen molar-refractivity contribution in [2.24, 2.45) is 0 Å².